The zero-order valence-corrected chi connectivity index (χ0v) is 4.26. The molecule has 1 aromatic rings. The Hall–Kier alpha value is -1.12. The number of fused-ring (bicyclic) bond motifs is 1. The van der Waals surface area contributed by atoms with Crippen molar-refractivity contribution in [3.63, 3.8) is 0 Å². The molecule has 0 unspecified atom stereocenters. The molecule has 0 bridgehead atoms. The van der Waals surface area contributed by atoms with E-state index in [-0.39, 0.29) is 0 Å². The van der Waals surface area contributed by atoms with Crippen molar-refractivity contribution >= 4 is 6.08 Å². The van der Waals surface area contributed by atoms with Crippen molar-refractivity contribution in [2.75, 3.05) is 0 Å². The summed E-state index contributed by atoms with van der Waals surface area (Å²) in [5.74, 6) is 0. The number of aromatic amines is 1. The van der Waals surface area contributed by atoms with Gasteiger partial charge in [-0.3, -0.25) is 5.10 Å². The van der Waals surface area contributed by atoms with Gasteiger partial charge in [-0.15, -0.1) is 5.10 Å². The topological polar surface area (TPSA) is 41.6 Å². The summed E-state index contributed by atoms with van der Waals surface area (Å²) >= 11 is 0. The van der Waals surface area contributed by atoms with E-state index in [2.05, 4.69) is 21.5 Å². The van der Waals surface area contributed by atoms with Crippen LogP contribution in [0.3, 0.4) is 0 Å². The lowest BCUT2D eigenvalue weighted by Gasteiger charge is -1.77. The normalized spacial score (nSPS) is 14.5. The first kappa shape index (κ1) is 3.83. The van der Waals surface area contributed by atoms with E-state index in [9.17, 15) is 0 Å². The monoisotopic (exact) mass is 107 g/mol. The fourth-order valence-corrected chi connectivity index (χ4v) is 0.829. The lowest BCUT2D eigenvalue weighted by Crippen LogP contribution is -1.76. The first-order chi connectivity index (χ1) is 3.97. The number of hydrogen-bond donors (Lipinski definition) is 1. The fourth-order valence-electron chi connectivity index (χ4n) is 0.829. The van der Waals surface area contributed by atoms with Gasteiger partial charge in [0.1, 0.15) is 5.69 Å². The second-order valence-electron chi connectivity index (χ2n) is 1.78. The summed E-state index contributed by atoms with van der Waals surface area (Å²) in [6, 6.07) is 0. The van der Waals surface area contributed by atoms with Gasteiger partial charge in [-0.2, -0.15) is 0 Å². The van der Waals surface area contributed by atoms with Crippen LogP contribution in [0.1, 0.15) is 11.4 Å². The molecule has 0 saturated carbocycles. The molecule has 1 aliphatic carbocycles. The molecule has 40 valence electrons. The molecule has 0 amide bonds. The maximum Gasteiger partial charge on any atom is 0.108 e. The highest BCUT2D eigenvalue weighted by atomic mass is 15.3. The van der Waals surface area contributed by atoms with Gasteiger partial charge in [0.25, 0.3) is 0 Å². The lowest BCUT2D eigenvalue weighted by atomic mass is 10.4. The zero-order valence-electron chi connectivity index (χ0n) is 4.26. The van der Waals surface area contributed by atoms with Crippen LogP contribution in [0.25, 0.3) is 6.08 Å². The molecule has 2 rings (SSSR count). The lowest BCUT2D eigenvalue weighted by molar-refractivity contribution is 0.915. The Morgan fingerprint density at radius 3 is 3.50 bits per heavy atom. The van der Waals surface area contributed by atoms with Crippen molar-refractivity contribution in [1.29, 1.82) is 0 Å². The van der Waals surface area contributed by atoms with Crippen LogP contribution >= 0.6 is 0 Å². The molecule has 1 N–H and O–H groups in total. The summed E-state index contributed by atoms with van der Waals surface area (Å²) in [5.41, 5.74) is 2.12. The van der Waals surface area contributed by atoms with Gasteiger partial charge >= 0.3 is 0 Å². The average molecular weight is 107 g/mol. The first-order valence-corrected chi connectivity index (χ1v) is 2.53. The Bertz CT molecular complexity index is 223. The van der Waals surface area contributed by atoms with Crippen LogP contribution < -0.4 is 0 Å². The quantitative estimate of drug-likeness (QED) is 0.520. The predicted molar refractivity (Wildman–Crippen MR) is 29.1 cm³/mol. The summed E-state index contributed by atoms with van der Waals surface area (Å²) in [7, 11) is 0. The van der Waals surface area contributed by atoms with Crippen LogP contribution in [0.5, 0.6) is 0 Å². The number of nitrogens with one attached hydrogen (secondary N) is 1. The van der Waals surface area contributed by atoms with Gasteiger partial charge in [-0.25, -0.2) is 0 Å². The van der Waals surface area contributed by atoms with E-state index in [4.69, 9.17) is 0 Å². The fraction of sp³-hybridized carbons (Fsp3) is 0.200. The third-order valence-electron chi connectivity index (χ3n) is 1.25. The maximum absolute atomic E-state index is 3.80. The Labute approximate surface area is 46.4 Å². The number of hydrogen-bond acceptors (Lipinski definition) is 2. The van der Waals surface area contributed by atoms with Crippen molar-refractivity contribution in [2.24, 2.45) is 0 Å². The van der Waals surface area contributed by atoms with Crippen LogP contribution in [-0.2, 0) is 6.42 Å². The van der Waals surface area contributed by atoms with Gasteiger partial charge in [0, 0.05) is 6.42 Å². The third-order valence-corrected chi connectivity index (χ3v) is 1.25. The number of allylic oxidation sites excluding steroid dienone is 1. The molecule has 1 aromatic heterocycles. The second kappa shape index (κ2) is 1.18. The van der Waals surface area contributed by atoms with Crippen LogP contribution in [0, 0.1) is 0 Å². The summed E-state index contributed by atoms with van der Waals surface area (Å²) < 4.78 is 0. The van der Waals surface area contributed by atoms with Gasteiger partial charge in [-0.05, 0) is 6.08 Å². The molecule has 1 aliphatic rings. The molecule has 3 nitrogen and oxygen atoms in total. The second-order valence-corrected chi connectivity index (χ2v) is 1.78. The van der Waals surface area contributed by atoms with Crippen molar-refractivity contribution in [3.8, 4) is 0 Å². The van der Waals surface area contributed by atoms with E-state index in [0.717, 1.165) is 17.8 Å². The van der Waals surface area contributed by atoms with Crippen molar-refractivity contribution in [2.45, 2.75) is 6.42 Å². The molecule has 0 saturated heterocycles. The van der Waals surface area contributed by atoms with Crippen molar-refractivity contribution in [3.05, 3.63) is 17.5 Å². The minimum atomic E-state index is 0.961. The molecule has 3 heteroatoms. The summed E-state index contributed by atoms with van der Waals surface area (Å²) in [6.45, 7) is 0. The van der Waals surface area contributed by atoms with E-state index in [1.807, 2.05) is 6.08 Å². The highest BCUT2D eigenvalue weighted by molar-refractivity contribution is 5.52. The van der Waals surface area contributed by atoms with Gasteiger partial charge in [0.15, 0.2) is 0 Å². The number of nitrogens with zero attached hydrogens (tertiary/aromatic N) is 2. The molecule has 8 heavy (non-hydrogen) atoms. The molecule has 0 radical (unpaired) electrons. The highest BCUT2D eigenvalue weighted by Crippen LogP contribution is 2.11. The largest absolute Gasteiger partial charge is 0.261 e. The van der Waals surface area contributed by atoms with E-state index < -0.39 is 0 Å². The van der Waals surface area contributed by atoms with E-state index in [0.29, 0.717) is 0 Å². The number of rotatable bonds is 0. The minimum absolute atomic E-state index is 0.961. The zero-order chi connectivity index (χ0) is 5.40. The summed E-state index contributed by atoms with van der Waals surface area (Å²) in [4.78, 5) is 0. The van der Waals surface area contributed by atoms with Crippen LogP contribution in [0.2, 0.25) is 0 Å². The molecule has 0 aromatic carbocycles. The molecule has 0 aliphatic heterocycles. The van der Waals surface area contributed by atoms with Crippen molar-refractivity contribution in [1.82, 2.24) is 15.4 Å². The Kier molecular flexibility index (Phi) is 0.566. The van der Waals surface area contributed by atoms with E-state index >= 15 is 0 Å². The molecule has 0 fully saturated rings. The first-order valence-electron chi connectivity index (χ1n) is 2.53. The van der Waals surface area contributed by atoms with Gasteiger partial charge in [-0.1, -0.05) is 11.3 Å². The predicted octanol–water partition coefficient (Wildman–Crippen LogP) is 0.374. The van der Waals surface area contributed by atoms with Gasteiger partial charge in [0.05, 0.1) is 5.69 Å². The summed E-state index contributed by atoms with van der Waals surface area (Å²) in [5, 5.41) is 10.2. The highest BCUT2D eigenvalue weighted by Gasteiger charge is 2.05. The van der Waals surface area contributed by atoms with Crippen molar-refractivity contribution < 1.29 is 0 Å². The minimum Gasteiger partial charge on any atom is -0.261 e. The van der Waals surface area contributed by atoms with Crippen LogP contribution in [-0.4, -0.2) is 15.4 Å². The Balaban J connectivity index is 2.67. The van der Waals surface area contributed by atoms with Gasteiger partial charge in [0.2, 0.25) is 0 Å². The average Bonchev–Trinajstić information content (AvgIpc) is 2.15. The maximum atomic E-state index is 3.80. The van der Waals surface area contributed by atoms with E-state index in [1.54, 1.807) is 0 Å². The van der Waals surface area contributed by atoms with Gasteiger partial charge < -0.3 is 0 Å². The molecule has 0 atom stereocenters. The van der Waals surface area contributed by atoms with Crippen LogP contribution in [0.15, 0.2) is 6.08 Å². The number of aromatic nitrogens is 3. The number of H-pyrrole nitrogens is 1. The Morgan fingerprint density at radius 1 is 1.62 bits per heavy atom. The standard InChI is InChI=1S/C5H5N3/c1-2-4-5(3-1)7-8-6-4/h1-2H,3H2,(H,6,7,8). The third kappa shape index (κ3) is 0.332. The SMILES string of the molecule is C1=Cc2nn[nH]c2C1. The molecule has 0 spiro atoms. The van der Waals surface area contributed by atoms with E-state index in [1.165, 1.54) is 0 Å². The molecule has 1 heterocycles. The Morgan fingerprint density at radius 2 is 2.62 bits per heavy atom. The smallest absolute Gasteiger partial charge is 0.108 e. The molecular formula is C5H5N3. The molecular weight excluding hydrogens is 102 g/mol. The summed E-state index contributed by atoms with van der Waals surface area (Å²) in [6.07, 6.45) is 5.00. The van der Waals surface area contributed by atoms with Crippen LogP contribution in [0.4, 0.5) is 0 Å².